The number of carbonyl (C=O) groups excluding carboxylic acids is 1. The highest BCUT2D eigenvalue weighted by molar-refractivity contribution is 5.89. The highest BCUT2D eigenvalue weighted by Gasteiger charge is 2.36. The van der Waals surface area contributed by atoms with Gasteiger partial charge >= 0.3 is 12.1 Å². The standard InChI is InChI=1S/C11H6F4O2/c1-17-9(16)6-5-7-3-2-4-8(12)10(7)11(13,14)15/h2-4H,1H3. The third-order valence-electron chi connectivity index (χ3n) is 1.78. The smallest absolute Gasteiger partial charge is 0.420 e. The second-order valence-electron chi connectivity index (χ2n) is 2.90. The molecule has 90 valence electrons. The summed E-state index contributed by atoms with van der Waals surface area (Å²) in [6.45, 7) is 0. The van der Waals surface area contributed by atoms with E-state index < -0.39 is 29.1 Å². The van der Waals surface area contributed by atoms with Gasteiger partial charge in [0.25, 0.3) is 0 Å². The maximum absolute atomic E-state index is 13.0. The average Bonchev–Trinajstić information content (AvgIpc) is 2.24. The fourth-order valence-electron chi connectivity index (χ4n) is 1.09. The van der Waals surface area contributed by atoms with Gasteiger partial charge in [0.15, 0.2) is 0 Å². The highest BCUT2D eigenvalue weighted by atomic mass is 19.4. The number of alkyl halides is 3. The summed E-state index contributed by atoms with van der Waals surface area (Å²) in [5.74, 6) is 1.30. The van der Waals surface area contributed by atoms with Crippen molar-refractivity contribution in [2.24, 2.45) is 0 Å². The lowest BCUT2D eigenvalue weighted by Crippen LogP contribution is -2.11. The maximum atomic E-state index is 13.0. The molecule has 0 aliphatic heterocycles. The SMILES string of the molecule is COC(=O)C#Cc1cccc(F)c1C(F)(F)F. The lowest BCUT2D eigenvalue weighted by atomic mass is 10.1. The summed E-state index contributed by atoms with van der Waals surface area (Å²) in [5, 5.41) is 0. The summed E-state index contributed by atoms with van der Waals surface area (Å²) in [5.41, 5.74) is -2.10. The van der Waals surface area contributed by atoms with Gasteiger partial charge in [0.05, 0.1) is 7.11 Å². The van der Waals surface area contributed by atoms with Gasteiger partial charge in [-0.3, -0.25) is 0 Å². The van der Waals surface area contributed by atoms with Gasteiger partial charge in [0.2, 0.25) is 0 Å². The normalized spacial score (nSPS) is 10.4. The molecule has 0 amide bonds. The van der Waals surface area contributed by atoms with E-state index in [-0.39, 0.29) is 0 Å². The molecule has 0 saturated carbocycles. The van der Waals surface area contributed by atoms with Crippen LogP contribution in [-0.4, -0.2) is 13.1 Å². The van der Waals surface area contributed by atoms with Crippen LogP contribution in [-0.2, 0) is 15.7 Å². The largest absolute Gasteiger partial charge is 0.459 e. The van der Waals surface area contributed by atoms with Crippen LogP contribution in [0.25, 0.3) is 0 Å². The zero-order valence-electron chi connectivity index (χ0n) is 8.56. The third kappa shape index (κ3) is 3.21. The number of esters is 1. The fraction of sp³-hybridized carbons (Fsp3) is 0.182. The average molecular weight is 246 g/mol. The lowest BCUT2D eigenvalue weighted by molar-refractivity contribution is -0.140. The summed E-state index contributed by atoms with van der Waals surface area (Å²) in [4.78, 5) is 10.7. The van der Waals surface area contributed by atoms with E-state index in [1.54, 1.807) is 0 Å². The summed E-state index contributed by atoms with van der Waals surface area (Å²) in [7, 11) is 1.03. The van der Waals surface area contributed by atoms with Crippen molar-refractivity contribution in [2.75, 3.05) is 7.11 Å². The van der Waals surface area contributed by atoms with Gasteiger partial charge in [-0.25, -0.2) is 9.18 Å². The van der Waals surface area contributed by atoms with Crippen molar-refractivity contribution >= 4 is 5.97 Å². The number of ether oxygens (including phenoxy) is 1. The van der Waals surface area contributed by atoms with Crippen LogP contribution in [0, 0.1) is 17.7 Å². The van der Waals surface area contributed by atoms with Crippen molar-refractivity contribution in [3.8, 4) is 11.8 Å². The molecule has 0 aromatic heterocycles. The van der Waals surface area contributed by atoms with Crippen molar-refractivity contribution in [1.29, 1.82) is 0 Å². The Balaban J connectivity index is 3.29. The van der Waals surface area contributed by atoms with Crippen LogP contribution in [0.3, 0.4) is 0 Å². The molecule has 1 aromatic carbocycles. The summed E-state index contributed by atoms with van der Waals surface area (Å²) in [6, 6.07) is 2.72. The topological polar surface area (TPSA) is 26.3 Å². The van der Waals surface area contributed by atoms with Crippen LogP contribution < -0.4 is 0 Å². The van der Waals surface area contributed by atoms with Gasteiger partial charge in [-0.1, -0.05) is 12.0 Å². The monoisotopic (exact) mass is 246 g/mol. The molecule has 0 aliphatic carbocycles. The second-order valence-corrected chi connectivity index (χ2v) is 2.90. The molecule has 17 heavy (non-hydrogen) atoms. The number of hydrogen-bond donors (Lipinski definition) is 0. The Hall–Kier alpha value is -2.03. The number of carbonyl (C=O) groups is 1. The number of rotatable bonds is 0. The molecule has 1 rings (SSSR count). The van der Waals surface area contributed by atoms with Crippen molar-refractivity contribution in [1.82, 2.24) is 0 Å². The zero-order valence-corrected chi connectivity index (χ0v) is 8.56. The van der Waals surface area contributed by atoms with Crippen LogP contribution in [0.2, 0.25) is 0 Å². The lowest BCUT2D eigenvalue weighted by Gasteiger charge is -2.09. The minimum absolute atomic E-state index is 0.608. The number of methoxy groups -OCH3 is 1. The summed E-state index contributed by atoms with van der Waals surface area (Å²) in [6.07, 6.45) is -4.87. The van der Waals surface area contributed by atoms with Gasteiger partial charge in [0, 0.05) is 11.5 Å². The molecule has 0 atom stereocenters. The Kier molecular flexibility index (Phi) is 3.73. The molecule has 0 N–H and O–H groups in total. The van der Waals surface area contributed by atoms with E-state index in [1.165, 1.54) is 0 Å². The number of halogens is 4. The quantitative estimate of drug-likeness (QED) is 0.399. The van der Waals surface area contributed by atoms with Crippen molar-refractivity contribution in [3.63, 3.8) is 0 Å². The first-order chi connectivity index (χ1) is 7.86. The Morgan fingerprint density at radius 3 is 2.53 bits per heavy atom. The molecular formula is C11H6F4O2. The van der Waals surface area contributed by atoms with E-state index in [0.717, 1.165) is 19.2 Å². The zero-order chi connectivity index (χ0) is 13.1. The molecule has 1 aromatic rings. The fourth-order valence-corrected chi connectivity index (χ4v) is 1.09. The molecule has 0 radical (unpaired) electrons. The number of hydrogen-bond acceptors (Lipinski definition) is 2. The first-order valence-corrected chi connectivity index (χ1v) is 4.32. The van der Waals surface area contributed by atoms with Gasteiger partial charge in [0.1, 0.15) is 11.4 Å². The molecule has 0 unspecified atom stereocenters. The van der Waals surface area contributed by atoms with Gasteiger partial charge in [-0.15, -0.1) is 0 Å². The molecule has 0 bridgehead atoms. The molecule has 6 heteroatoms. The van der Waals surface area contributed by atoms with Crippen molar-refractivity contribution < 1.29 is 27.1 Å². The van der Waals surface area contributed by atoms with Crippen LogP contribution in [0.15, 0.2) is 18.2 Å². The van der Waals surface area contributed by atoms with Gasteiger partial charge in [-0.05, 0) is 12.1 Å². The van der Waals surface area contributed by atoms with Crippen LogP contribution in [0.1, 0.15) is 11.1 Å². The highest BCUT2D eigenvalue weighted by Crippen LogP contribution is 2.33. The van der Waals surface area contributed by atoms with Gasteiger partial charge < -0.3 is 4.74 Å². The molecule has 0 fully saturated rings. The maximum Gasteiger partial charge on any atom is 0.420 e. The minimum Gasteiger partial charge on any atom is -0.459 e. The molecule has 2 nitrogen and oxygen atoms in total. The third-order valence-corrected chi connectivity index (χ3v) is 1.78. The number of benzene rings is 1. The van der Waals surface area contributed by atoms with Crippen molar-refractivity contribution in [3.05, 3.63) is 35.1 Å². The molecule has 0 spiro atoms. The van der Waals surface area contributed by atoms with Crippen molar-refractivity contribution in [2.45, 2.75) is 6.18 Å². The van der Waals surface area contributed by atoms with E-state index in [2.05, 4.69) is 4.74 Å². The summed E-state index contributed by atoms with van der Waals surface area (Å²) >= 11 is 0. The van der Waals surface area contributed by atoms with Crippen LogP contribution in [0.5, 0.6) is 0 Å². The minimum atomic E-state index is -4.87. The van der Waals surface area contributed by atoms with E-state index in [0.29, 0.717) is 6.07 Å². The van der Waals surface area contributed by atoms with Crippen LogP contribution >= 0.6 is 0 Å². The van der Waals surface area contributed by atoms with Crippen LogP contribution in [0.4, 0.5) is 17.6 Å². The molecule has 0 heterocycles. The summed E-state index contributed by atoms with van der Waals surface area (Å²) < 4.78 is 54.7. The predicted octanol–water partition coefficient (Wildman–Crippen LogP) is 2.37. The molecule has 0 aliphatic rings. The van der Waals surface area contributed by atoms with E-state index in [1.807, 2.05) is 11.8 Å². The Bertz CT molecular complexity index is 494. The predicted molar refractivity (Wildman–Crippen MR) is 50.3 cm³/mol. The van der Waals surface area contributed by atoms with E-state index >= 15 is 0 Å². The molecular weight excluding hydrogens is 240 g/mol. The Labute approximate surface area is 94.2 Å². The first-order valence-electron chi connectivity index (χ1n) is 4.32. The first kappa shape index (κ1) is 13.0. The Morgan fingerprint density at radius 2 is 2.00 bits per heavy atom. The van der Waals surface area contributed by atoms with E-state index in [9.17, 15) is 22.4 Å². The Morgan fingerprint density at radius 1 is 1.35 bits per heavy atom. The second kappa shape index (κ2) is 4.87. The molecule has 0 saturated heterocycles. The van der Waals surface area contributed by atoms with E-state index in [4.69, 9.17) is 0 Å². The van der Waals surface area contributed by atoms with Gasteiger partial charge in [-0.2, -0.15) is 13.2 Å².